The Hall–Kier alpha value is -5.82. The molecule has 9 rings (SSSR count). The average Bonchev–Trinajstić information content (AvgIpc) is 4.23. The first kappa shape index (κ1) is 45.3. The molecular weight excluding hydrogens is 857 g/mol. The summed E-state index contributed by atoms with van der Waals surface area (Å²) in [6, 6.07) is 34.0. The zero-order chi connectivity index (χ0) is 44.6. The van der Waals surface area contributed by atoms with Gasteiger partial charge in [0.1, 0.15) is 75.9 Å². The third-order valence-corrected chi connectivity index (χ3v) is 10.6. The van der Waals surface area contributed by atoms with Crippen molar-refractivity contribution in [2.45, 2.75) is 25.2 Å². The summed E-state index contributed by atoms with van der Waals surface area (Å²) in [6.45, 7) is 5.64. The van der Waals surface area contributed by atoms with Crippen LogP contribution in [0.2, 0.25) is 0 Å². The van der Waals surface area contributed by atoms with E-state index in [1.165, 1.54) is 0 Å². The fraction of sp³-hybridized carbons (Fsp3) is 0.400. The van der Waals surface area contributed by atoms with E-state index < -0.39 is 25.2 Å². The molecule has 5 aromatic rings. The zero-order valence-electron chi connectivity index (χ0n) is 36.5. The van der Waals surface area contributed by atoms with Crippen LogP contribution in [-0.2, 0) is 37.9 Å². The van der Waals surface area contributed by atoms with Crippen molar-refractivity contribution in [1.82, 2.24) is 0 Å². The van der Waals surface area contributed by atoms with Gasteiger partial charge in [-0.3, -0.25) is 0 Å². The first-order chi connectivity index (χ1) is 32.8. The second-order valence-corrected chi connectivity index (χ2v) is 15.0. The standard InChI is InChI=1S/C50H54O16/c1-5-13-39(35(9-1)47-59-25-26-60-47)51-17-21-55-43-33-45(57-23-19-53-41-15-7-3-11-37(41)49-63-29-30-64-49)46(58-24-20-54-42-16-8-4-12-38(42)50-65-31-32-66-50)34-44(43)56-22-18-52-40-14-6-2-10-36(40)48-61-27-28-62-48/h1-16,33-34,47-50H,17-32H2. The lowest BCUT2D eigenvalue weighted by Crippen LogP contribution is -2.15. The minimum Gasteiger partial charge on any atom is -0.490 e. The number of ether oxygens (including phenoxy) is 16. The molecule has 5 aromatic carbocycles. The molecule has 0 spiro atoms. The summed E-state index contributed by atoms with van der Waals surface area (Å²) in [5.74, 6) is 4.16. The Balaban J connectivity index is 0.912. The van der Waals surface area contributed by atoms with Crippen molar-refractivity contribution >= 4 is 0 Å². The number of hydrogen-bond acceptors (Lipinski definition) is 16. The van der Waals surface area contributed by atoms with Crippen LogP contribution in [0.25, 0.3) is 0 Å². The van der Waals surface area contributed by atoms with E-state index in [0.717, 1.165) is 22.3 Å². The summed E-state index contributed by atoms with van der Waals surface area (Å²) in [5.41, 5.74) is 3.24. The molecular formula is C50H54O16. The molecule has 0 aliphatic carbocycles. The van der Waals surface area contributed by atoms with Crippen molar-refractivity contribution in [3.05, 3.63) is 131 Å². The quantitative estimate of drug-likeness (QED) is 0.0557. The van der Waals surface area contributed by atoms with E-state index in [4.69, 9.17) is 75.8 Å². The van der Waals surface area contributed by atoms with Crippen molar-refractivity contribution in [2.75, 3.05) is 106 Å². The molecule has 0 unspecified atom stereocenters. The molecule has 4 heterocycles. The van der Waals surface area contributed by atoms with Gasteiger partial charge in [-0.2, -0.15) is 0 Å². The van der Waals surface area contributed by atoms with E-state index in [0.29, 0.717) is 98.9 Å². The van der Waals surface area contributed by atoms with Crippen molar-refractivity contribution in [3.63, 3.8) is 0 Å². The summed E-state index contributed by atoms with van der Waals surface area (Å²) in [4.78, 5) is 0. The highest BCUT2D eigenvalue weighted by Gasteiger charge is 2.26. The molecule has 4 aliphatic heterocycles. The van der Waals surface area contributed by atoms with Crippen molar-refractivity contribution in [1.29, 1.82) is 0 Å². The van der Waals surface area contributed by atoms with Gasteiger partial charge in [0.2, 0.25) is 0 Å². The Labute approximate surface area is 383 Å². The van der Waals surface area contributed by atoms with Crippen LogP contribution < -0.4 is 37.9 Å². The predicted molar refractivity (Wildman–Crippen MR) is 235 cm³/mol. The molecule has 66 heavy (non-hydrogen) atoms. The highest BCUT2D eigenvalue weighted by Crippen LogP contribution is 2.41. The van der Waals surface area contributed by atoms with Crippen molar-refractivity contribution in [2.24, 2.45) is 0 Å². The molecule has 0 bridgehead atoms. The monoisotopic (exact) mass is 910 g/mol. The van der Waals surface area contributed by atoms with E-state index in [2.05, 4.69) is 0 Å². The molecule has 4 aliphatic rings. The maximum absolute atomic E-state index is 6.39. The molecule has 0 atom stereocenters. The molecule has 16 nitrogen and oxygen atoms in total. The summed E-state index contributed by atoms with van der Waals surface area (Å²) in [6.07, 6.45) is -1.95. The van der Waals surface area contributed by atoms with Gasteiger partial charge in [-0.05, 0) is 24.3 Å². The maximum atomic E-state index is 6.39. The first-order valence-electron chi connectivity index (χ1n) is 22.3. The molecule has 0 saturated carbocycles. The largest absolute Gasteiger partial charge is 0.490 e. The molecule has 16 heteroatoms. The van der Waals surface area contributed by atoms with Gasteiger partial charge in [-0.25, -0.2) is 0 Å². The lowest BCUT2D eigenvalue weighted by Gasteiger charge is -2.20. The van der Waals surface area contributed by atoms with Crippen LogP contribution in [0.15, 0.2) is 109 Å². The van der Waals surface area contributed by atoms with E-state index in [1.54, 1.807) is 12.1 Å². The van der Waals surface area contributed by atoms with E-state index in [1.807, 2.05) is 97.1 Å². The highest BCUT2D eigenvalue weighted by molar-refractivity contribution is 5.54. The van der Waals surface area contributed by atoms with E-state index >= 15 is 0 Å². The second kappa shape index (κ2) is 23.6. The lowest BCUT2D eigenvalue weighted by molar-refractivity contribution is -0.0461. The van der Waals surface area contributed by atoms with Crippen LogP contribution in [0.1, 0.15) is 47.4 Å². The topological polar surface area (TPSA) is 148 Å². The van der Waals surface area contributed by atoms with Gasteiger partial charge in [0.15, 0.2) is 48.2 Å². The van der Waals surface area contributed by atoms with Crippen LogP contribution in [0.4, 0.5) is 0 Å². The van der Waals surface area contributed by atoms with Gasteiger partial charge in [-0.1, -0.05) is 72.8 Å². The van der Waals surface area contributed by atoms with Crippen LogP contribution in [-0.4, -0.2) is 106 Å². The summed E-state index contributed by atoms with van der Waals surface area (Å²) in [5, 5.41) is 0. The van der Waals surface area contributed by atoms with Crippen molar-refractivity contribution in [3.8, 4) is 46.0 Å². The highest BCUT2D eigenvalue weighted by atomic mass is 16.7. The molecule has 0 aromatic heterocycles. The normalized spacial score (nSPS) is 17.0. The number of para-hydroxylation sites is 4. The van der Waals surface area contributed by atoms with Gasteiger partial charge < -0.3 is 75.8 Å². The average molecular weight is 911 g/mol. The van der Waals surface area contributed by atoms with Gasteiger partial charge in [0, 0.05) is 34.4 Å². The minimum absolute atomic E-state index is 0.162. The van der Waals surface area contributed by atoms with Crippen LogP contribution in [0.3, 0.4) is 0 Å². The summed E-state index contributed by atoms with van der Waals surface area (Å²) < 4.78 is 96.3. The van der Waals surface area contributed by atoms with Gasteiger partial charge in [0.25, 0.3) is 0 Å². The van der Waals surface area contributed by atoms with Gasteiger partial charge in [0.05, 0.1) is 52.9 Å². The zero-order valence-corrected chi connectivity index (χ0v) is 36.5. The molecule has 0 amide bonds. The molecule has 4 saturated heterocycles. The fourth-order valence-electron chi connectivity index (χ4n) is 7.57. The van der Waals surface area contributed by atoms with Crippen LogP contribution in [0.5, 0.6) is 46.0 Å². The minimum atomic E-state index is -0.487. The number of hydrogen-bond donors (Lipinski definition) is 0. The number of rotatable bonds is 24. The third-order valence-electron chi connectivity index (χ3n) is 10.6. The SMILES string of the molecule is c1ccc(C2OCCO2)c(OCCOc2cc(OCCOc3ccccc3C3OCCO3)c(OCCOc3ccccc3C3OCCO3)cc2OCCOc2ccccc2C2OCCO2)c1. The van der Waals surface area contributed by atoms with Gasteiger partial charge in [-0.15, -0.1) is 0 Å². The molecule has 4 fully saturated rings. The Morgan fingerprint density at radius 1 is 0.258 bits per heavy atom. The van der Waals surface area contributed by atoms with Gasteiger partial charge >= 0.3 is 0 Å². The summed E-state index contributed by atoms with van der Waals surface area (Å²) >= 11 is 0. The smallest absolute Gasteiger partial charge is 0.187 e. The maximum Gasteiger partial charge on any atom is 0.187 e. The summed E-state index contributed by atoms with van der Waals surface area (Å²) in [7, 11) is 0. The molecule has 350 valence electrons. The predicted octanol–water partition coefficient (Wildman–Crippen LogP) is 7.70. The lowest BCUT2D eigenvalue weighted by atomic mass is 10.2. The second-order valence-electron chi connectivity index (χ2n) is 15.0. The first-order valence-corrected chi connectivity index (χ1v) is 22.3. The number of benzene rings is 5. The van der Waals surface area contributed by atoms with E-state index in [-0.39, 0.29) is 52.9 Å². The Morgan fingerprint density at radius 3 is 0.652 bits per heavy atom. The van der Waals surface area contributed by atoms with Crippen molar-refractivity contribution < 1.29 is 75.8 Å². The third kappa shape index (κ3) is 11.9. The Kier molecular flexibility index (Phi) is 16.2. The Morgan fingerprint density at radius 2 is 0.439 bits per heavy atom. The Bertz CT molecular complexity index is 1950. The fourth-order valence-corrected chi connectivity index (χ4v) is 7.57. The van der Waals surface area contributed by atoms with Crippen LogP contribution >= 0.6 is 0 Å². The van der Waals surface area contributed by atoms with Crippen LogP contribution in [0, 0.1) is 0 Å². The molecule has 0 radical (unpaired) electrons. The van der Waals surface area contributed by atoms with E-state index in [9.17, 15) is 0 Å². The molecule has 0 N–H and O–H groups in total.